The summed E-state index contributed by atoms with van der Waals surface area (Å²) in [6.07, 6.45) is 0. The first-order valence-electron chi connectivity index (χ1n) is 5.46. The average Bonchev–Trinajstić information content (AvgIpc) is 2.81. The summed E-state index contributed by atoms with van der Waals surface area (Å²) >= 11 is 5.53. The van der Waals surface area contributed by atoms with Gasteiger partial charge in [0.05, 0.1) is 11.9 Å². The SMILES string of the molecule is COc1c(C)cc(C(Br)c2cccs2)cc1C. The van der Waals surface area contributed by atoms with Crippen LogP contribution in [0, 0.1) is 13.8 Å². The molecular formula is C14H15BrOS. The highest BCUT2D eigenvalue weighted by atomic mass is 79.9. The third-order valence-corrected chi connectivity index (χ3v) is 5.03. The molecule has 0 aliphatic carbocycles. The first kappa shape index (κ1) is 12.7. The Morgan fingerprint density at radius 2 is 1.88 bits per heavy atom. The molecule has 0 bridgehead atoms. The molecule has 0 amide bonds. The molecule has 3 heteroatoms. The molecule has 2 aromatic rings. The van der Waals surface area contributed by atoms with Crippen LogP contribution in [0.25, 0.3) is 0 Å². The van der Waals surface area contributed by atoms with Gasteiger partial charge in [0.2, 0.25) is 0 Å². The maximum absolute atomic E-state index is 5.39. The molecule has 1 nitrogen and oxygen atoms in total. The van der Waals surface area contributed by atoms with Gasteiger partial charge in [0, 0.05) is 4.88 Å². The second-order valence-corrected chi connectivity index (χ2v) is 5.96. The van der Waals surface area contributed by atoms with Crippen LogP contribution < -0.4 is 4.74 Å². The Balaban J connectivity index is 2.40. The van der Waals surface area contributed by atoms with E-state index in [2.05, 4.69) is 59.4 Å². The number of rotatable bonds is 3. The number of hydrogen-bond donors (Lipinski definition) is 0. The fourth-order valence-electron chi connectivity index (χ4n) is 2.05. The summed E-state index contributed by atoms with van der Waals surface area (Å²) < 4.78 is 5.39. The van der Waals surface area contributed by atoms with Crippen LogP contribution in [0.4, 0.5) is 0 Å². The van der Waals surface area contributed by atoms with Crippen LogP contribution >= 0.6 is 27.3 Å². The van der Waals surface area contributed by atoms with Gasteiger partial charge in [0.25, 0.3) is 0 Å². The molecule has 2 rings (SSSR count). The molecule has 0 aliphatic heterocycles. The molecule has 0 aliphatic rings. The number of halogens is 1. The first-order valence-corrected chi connectivity index (χ1v) is 7.25. The number of benzene rings is 1. The van der Waals surface area contributed by atoms with Crippen molar-refractivity contribution >= 4 is 27.3 Å². The van der Waals surface area contributed by atoms with E-state index in [-0.39, 0.29) is 4.83 Å². The number of aryl methyl sites for hydroxylation is 2. The minimum atomic E-state index is 0.269. The van der Waals surface area contributed by atoms with E-state index in [0.29, 0.717) is 0 Å². The number of methoxy groups -OCH3 is 1. The summed E-state index contributed by atoms with van der Waals surface area (Å²) in [6.45, 7) is 4.17. The highest BCUT2D eigenvalue weighted by Crippen LogP contribution is 2.36. The van der Waals surface area contributed by atoms with Crippen molar-refractivity contribution in [1.29, 1.82) is 0 Å². The summed E-state index contributed by atoms with van der Waals surface area (Å²) in [5.41, 5.74) is 3.65. The van der Waals surface area contributed by atoms with Crippen molar-refractivity contribution in [2.45, 2.75) is 18.7 Å². The minimum absolute atomic E-state index is 0.269. The topological polar surface area (TPSA) is 9.23 Å². The molecule has 0 spiro atoms. The Morgan fingerprint density at radius 1 is 1.24 bits per heavy atom. The summed E-state index contributed by atoms with van der Waals surface area (Å²) in [7, 11) is 1.72. The van der Waals surface area contributed by atoms with Crippen molar-refractivity contribution in [3.63, 3.8) is 0 Å². The normalized spacial score (nSPS) is 12.5. The van der Waals surface area contributed by atoms with E-state index >= 15 is 0 Å². The van der Waals surface area contributed by atoms with Crippen LogP contribution in [-0.4, -0.2) is 7.11 Å². The minimum Gasteiger partial charge on any atom is -0.496 e. The third-order valence-electron chi connectivity index (χ3n) is 2.77. The Bertz CT molecular complexity index is 482. The van der Waals surface area contributed by atoms with Gasteiger partial charge in [-0.05, 0) is 42.0 Å². The van der Waals surface area contributed by atoms with Gasteiger partial charge < -0.3 is 4.74 Å². The summed E-state index contributed by atoms with van der Waals surface area (Å²) in [5, 5.41) is 2.10. The van der Waals surface area contributed by atoms with E-state index in [1.165, 1.54) is 21.6 Å². The van der Waals surface area contributed by atoms with Gasteiger partial charge in [-0.1, -0.05) is 34.1 Å². The van der Waals surface area contributed by atoms with Crippen LogP contribution in [0.2, 0.25) is 0 Å². The van der Waals surface area contributed by atoms with E-state index in [0.717, 1.165) is 5.75 Å². The largest absolute Gasteiger partial charge is 0.496 e. The van der Waals surface area contributed by atoms with Crippen molar-refractivity contribution < 1.29 is 4.74 Å². The molecule has 0 radical (unpaired) electrons. The standard InChI is InChI=1S/C14H15BrOS/c1-9-7-11(8-10(2)14(9)16-3)13(15)12-5-4-6-17-12/h4-8,13H,1-3H3. The lowest BCUT2D eigenvalue weighted by molar-refractivity contribution is 0.408. The maximum Gasteiger partial charge on any atom is 0.124 e. The van der Waals surface area contributed by atoms with Gasteiger partial charge >= 0.3 is 0 Å². The van der Waals surface area contributed by atoms with Crippen molar-refractivity contribution in [3.05, 3.63) is 51.2 Å². The number of alkyl halides is 1. The fraction of sp³-hybridized carbons (Fsp3) is 0.286. The Morgan fingerprint density at radius 3 is 2.35 bits per heavy atom. The highest BCUT2D eigenvalue weighted by molar-refractivity contribution is 9.09. The van der Waals surface area contributed by atoms with Crippen molar-refractivity contribution in [1.82, 2.24) is 0 Å². The monoisotopic (exact) mass is 310 g/mol. The molecule has 1 unspecified atom stereocenters. The van der Waals surface area contributed by atoms with Crippen LogP contribution in [0.5, 0.6) is 5.75 Å². The molecule has 1 atom stereocenters. The Labute approximate surface area is 115 Å². The predicted molar refractivity (Wildman–Crippen MR) is 77.6 cm³/mol. The number of thiophene rings is 1. The van der Waals surface area contributed by atoms with Gasteiger partial charge in [-0.15, -0.1) is 11.3 Å². The van der Waals surface area contributed by atoms with Crippen LogP contribution in [0.3, 0.4) is 0 Å². The lowest BCUT2D eigenvalue weighted by Gasteiger charge is -2.14. The number of ether oxygens (including phenoxy) is 1. The molecule has 1 heterocycles. The molecule has 90 valence electrons. The summed E-state index contributed by atoms with van der Waals surface area (Å²) in [6, 6.07) is 8.60. The van der Waals surface area contributed by atoms with Crippen LogP contribution in [0.15, 0.2) is 29.6 Å². The quantitative estimate of drug-likeness (QED) is 0.736. The first-order chi connectivity index (χ1) is 8.13. The molecule has 1 aromatic carbocycles. The third kappa shape index (κ3) is 2.55. The second-order valence-electron chi connectivity index (χ2n) is 4.07. The molecule has 1 aromatic heterocycles. The van der Waals surface area contributed by atoms with Crippen molar-refractivity contribution in [2.24, 2.45) is 0 Å². The molecule has 0 N–H and O–H groups in total. The van der Waals surface area contributed by atoms with E-state index < -0.39 is 0 Å². The van der Waals surface area contributed by atoms with E-state index in [9.17, 15) is 0 Å². The summed E-state index contributed by atoms with van der Waals surface area (Å²) in [4.78, 5) is 1.60. The Kier molecular flexibility index (Phi) is 3.89. The number of hydrogen-bond acceptors (Lipinski definition) is 2. The van der Waals surface area contributed by atoms with Crippen molar-refractivity contribution in [2.75, 3.05) is 7.11 Å². The van der Waals surface area contributed by atoms with Crippen molar-refractivity contribution in [3.8, 4) is 5.75 Å². The molecule has 0 saturated carbocycles. The predicted octanol–water partition coefficient (Wildman–Crippen LogP) is 4.86. The van der Waals surface area contributed by atoms with E-state index in [1.54, 1.807) is 18.4 Å². The second kappa shape index (κ2) is 5.23. The molecule has 17 heavy (non-hydrogen) atoms. The van der Waals surface area contributed by atoms with E-state index in [4.69, 9.17) is 4.74 Å². The fourth-order valence-corrected chi connectivity index (χ4v) is 3.52. The lowest BCUT2D eigenvalue weighted by Crippen LogP contribution is -1.96. The highest BCUT2D eigenvalue weighted by Gasteiger charge is 2.14. The Hall–Kier alpha value is -0.800. The smallest absolute Gasteiger partial charge is 0.124 e. The van der Waals surface area contributed by atoms with Gasteiger partial charge in [0.15, 0.2) is 0 Å². The molecule has 0 fully saturated rings. The summed E-state index contributed by atoms with van der Waals surface area (Å²) in [5.74, 6) is 0.986. The lowest BCUT2D eigenvalue weighted by atomic mass is 10.0. The zero-order chi connectivity index (χ0) is 12.4. The van der Waals surface area contributed by atoms with Gasteiger partial charge in [0.1, 0.15) is 5.75 Å². The van der Waals surface area contributed by atoms with Gasteiger partial charge in [-0.2, -0.15) is 0 Å². The molecule has 0 saturated heterocycles. The average molecular weight is 311 g/mol. The zero-order valence-corrected chi connectivity index (χ0v) is 12.6. The molecular weight excluding hydrogens is 296 g/mol. The zero-order valence-electron chi connectivity index (χ0n) is 10.2. The van der Waals surface area contributed by atoms with Gasteiger partial charge in [-0.25, -0.2) is 0 Å². The van der Waals surface area contributed by atoms with Crippen LogP contribution in [-0.2, 0) is 0 Å². The van der Waals surface area contributed by atoms with Gasteiger partial charge in [-0.3, -0.25) is 0 Å². The maximum atomic E-state index is 5.39. The van der Waals surface area contributed by atoms with Crippen LogP contribution in [0.1, 0.15) is 26.4 Å². The van der Waals surface area contributed by atoms with E-state index in [1.807, 2.05) is 0 Å².